The number of carbonyl (C=O) groups excluding carboxylic acids is 2. The second kappa shape index (κ2) is 8.89. The molecule has 3 aromatic rings. The van der Waals surface area contributed by atoms with Gasteiger partial charge in [0.2, 0.25) is 0 Å². The Morgan fingerprint density at radius 1 is 0.862 bits per heavy atom. The number of H-pyrrole nitrogens is 1. The maximum Gasteiger partial charge on any atom is 0.271 e. The minimum atomic E-state index is -0.330. The summed E-state index contributed by atoms with van der Waals surface area (Å²) in [6, 6.07) is 18.0. The van der Waals surface area contributed by atoms with E-state index in [4.69, 9.17) is 0 Å². The van der Waals surface area contributed by atoms with Crippen LogP contribution in [-0.4, -0.2) is 59.3 Å². The molecule has 1 aliphatic rings. The summed E-state index contributed by atoms with van der Waals surface area (Å²) in [4.78, 5) is 32.2. The lowest BCUT2D eigenvalue weighted by molar-refractivity contribution is -0.123. The molecule has 1 aromatic heterocycles. The summed E-state index contributed by atoms with van der Waals surface area (Å²) >= 11 is 0. The minimum absolute atomic E-state index is 0.213. The quantitative estimate of drug-likeness (QED) is 0.579. The van der Waals surface area contributed by atoms with Gasteiger partial charge in [0.15, 0.2) is 0 Å². The van der Waals surface area contributed by atoms with E-state index < -0.39 is 0 Å². The zero-order valence-corrected chi connectivity index (χ0v) is 16.2. The molecule has 7 heteroatoms. The number of para-hydroxylation sites is 1. The molecule has 7 nitrogen and oxygen atoms in total. The Balaban J connectivity index is 1.21. The Labute approximate surface area is 169 Å². The monoisotopic (exact) mass is 391 g/mol. The Hall–Kier alpha value is -3.16. The highest BCUT2D eigenvalue weighted by molar-refractivity contribution is 6.07. The molecule has 2 amide bonds. The van der Waals surface area contributed by atoms with Crippen molar-refractivity contribution in [3.8, 4) is 0 Å². The molecule has 1 fully saturated rings. The van der Waals surface area contributed by atoms with Gasteiger partial charge in [0, 0.05) is 49.8 Å². The highest BCUT2D eigenvalue weighted by Gasteiger charge is 2.19. The standard InChI is InChI=1S/C22H25N5O2/c28-21(24-25-22(29)19-14-23-20-9-5-4-8-18(19)20)16-27-12-10-26(11-13-27)15-17-6-2-1-3-7-17/h1-9,14,23H,10-13,15-16H2,(H,24,28)(H,25,29). The Kier molecular flexibility index (Phi) is 5.88. The average Bonchev–Trinajstić information content (AvgIpc) is 3.18. The Bertz CT molecular complexity index is 977. The average molecular weight is 391 g/mol. The largest absolute Gasteiger partial charge is 0.360 e. The van der Waals surface area contributed by atoms with Crippen molar-refractivity contribution in [2.75, 3.05) is 32.7 Å². The molecule has 150 valence electrons. The number of aromatic nitrogens is 1. The highest BCUT2D eigenvalue weighted by Crippen LogP contribution is 2.17. The van der Waals surface area contributed by atoms with Gasteiger partial charge in [-0.05, 0) is 11.6 Å². The van der Waals surface area contributed by atoms with Gasteiger partial charge in [0.25, 0.3) is 11.8 Å². The summed E-state index contributed by atoms with van der Waals surface area (Å²) in [5.41, 5.74) is 7.74. The van der Waals surface area contributed by atoms with Crippen molar-refractivity contribution < 1.29 is 9.59 Å². The maximum atomic E-state index is 12.4. The van der Waals surface area contributed by atoms with Gasteiger partial charge in [-0.1, -0.05) is 48.5 Å². The van der Waals surface area contributed by atoms with Crippen LogP contribution in [0.25, 0.3) is 10.9 Å². The molecule has 4 rings (SSSR count). The predicted molar refractivity (Wildman–Crippen MR) is 112 cm³/mol. The lowest BCUT2D eigenvalue weighted by Gasteiger charge is -2.34. The minimum Gasteiger partial charge on any atom is -0.360 e. The summed E-state index contributed by atoms with van der Waals surface area (Å²) in [6.07, 6.45) is 1.65. The van der Waals surface area contributed by atoms with Crippen molar-refractivity contribution >= 4 is 22.7 Å². The zero-order valence-electron chi connectivity index (χ0n) is 16.2. The summed E-state index contributed by atoms with van der Waals surface area (Å²) in [5.74, 6) is -0.543. The van der Waals surface area contributed by atoms with Gasteiger partial charge in [0.1, 0.15) is 0 Å². The van der Waals surface area contributed by atoms with Crippen LogP contribution < -0.4 is 10.9 Å². The molecule has 1 saturated heterocycles. The van der Waals surface area contributed by atoms with Gasteiger partial charge < -0.3 is 4.98 Å². The van der Waals surface area contributed by atoms with Crippen LogP contribution in [0.15, 0.2) is 60.8 Å². The van der Waals surface area contributed by atoms with Crippen molar-refractivity contribution in [3.63, 3.8) is 0 Å². The van der Waals surface area contributed by atoms with Gasteiger partial charge in [-0.15, -0.1) is 0 Å². The van der Waals surface area contributed by atoms with E-state index in [0.29, 0.717) is 5.56 Å². The van der Waals surface area contributed by atoms with Crippen molar-refractivity contribution in [1.82, 2.24) is 25.6 Å². The third-order valence-electron chi connectivity index (χ3n) is 5.23. The number of fused-ring (bicyclic) bond motifs is 1. The smallest absolute Gasteiger partial charge is 0.271 e. The van der Waals surface area contributed by atoms with Gasteiger partial charge in [-0.25, -0.2) is 0 Å². The fraction of sp³-hybridized carbons (Fsp3) is 0.273. The molecule has 2 heterocycles. The molecule has 2 aromatic carbocycles. The fourth-order valence-corrected chi connectivity index (χ4v) is 3.64. The maximum absolute atomic E-state index is 12.4. The molecule has 0 unspecified atom stereocenters. The molecular weight excluding hydrogens is 366 g/mol. The highest BCUT2D eigenvalue weighted by atomic mass is 16.2. The van der Waals surface area contributed by atoms with Crippen LogP contribution in [0.1, 0.15) is 15.9 Å². The molecular formula is C22H25N5O2. The first kappa shape index (κ1) is 19.2. The van der Waals surface area contributed by atoms with Crippen LogP contribution in [0.4, 0.5) is 0 Å². The summed E-state index contributed by atoms with van der Waals surface area (Å²) in [5, 5.41) is 0.828. The molecule has 1 aliphatic heterocycles. The predicted octanol–water partition coefficient (Wildman–Crippen LogP) is 1.75. The normalized spacial score (nSPS) is 15.3. The number of hydrogen-bond donors (Lipinski definition) is 3. The van der Waals surface area contributed by atoms with Crippen LogP contribution in [0.2, 0.25) is 0 Å². The lowest BCUT2D eigenvalue weighted by atomic mass is 10.2. The van der Waals surface area contributed by atoms with E-state index in [0.717, 1.165) is 43.6 Å². The number of benzene rings is 2. The van der Waals surface area contributed by atoms with Crippen molar-refractivity contribution in [2.24, 2.45) is 0 Å². The van der Waals surface area contributed by atoms with E-state index in [1.54, 1.807) is 6.20 Å². The zero-order chi connectivity index (χ0) is 20.1. The second-order valence-corrected chi connectivity index (χ2v) is 7.29. The molecule has 0 atom stereocenters. The Morgan fingerprint density at radius 3 is 2.34 bits per heavy atom. The number of piperazine rings is 1. The molecule has 0 spiro atoms. The van der Waals surface area contributed by atoms with Crippen LogP contribution in [0.3, 0.4) is 0 Å². The van der Waals surface area contributed by atoms with E-state index >= 15 is 0 Å². The number of carbonyl (C=O) groups is 2. The van der Waals surface area contributed by atoms with E-state index in [1.165, 1.54) is 5.56 Å². The van der Waals surface area contributed by atoms with Crippen LogP contribution in [-0.2, 0) is 11.3 Å². The number of nitrogens with zero attached hydrogens (tertiary/aromatic N) is 2. The van der Waals surface area contributed by atoms with Crippen LogP contribution in [0, 0.1) is 0 Å². The molecule has 0 bridgehead atoms. The van der Waals surface area contributed by atoms with E-state index in [2.05, 4.69) is 49.9 Å². The molecule has 0 aliphatic carbocycles. The molecule has 0 saturated carbocycles. The van der Waals surface area contributed by atoms with Crippen molar-refractivity contribution in [2.45, 2.75) is 6.54 Å². The SMILES string of the molecule is O=C(CN1CCN(Cc2ccccc2)CC1)NNC(=O)c1c[nH]c2ccccc12. The molecule has 29 heavy (non-hydrogen) atoms. The van der Waals surface area contributed by atoms with Gasteiger partial charge in [-0.3, -0.25) is 30.2 Å². The van der Waals surface area contributed by atoms with E-state index in [9.17, 15) is 9.59 Å². The topological polar surface area (TPSA) is 80.5 Å². The van der Waals surface area contributed by atoms with Gasteiger partial charge in [-0.2, -0.15) is 0 Å². The van der Waals surface area contributed by atoms with E-state index in [-0.39, 0.29) is 18.4 Å². The fourth-order valence-electron chi connectivity index (χ4n) is 3.64. The lowest BCUT2D eigenvalue weighted by Crippen LogP contribution is -2.51. The number of hydrazine groups is 1. The summed E-state index contributed by atoms with van der Waals surface area (Å²) < 4.78 is 0. The number of amides is 2. The summed E-state index contributed by atoms with van der Waals surface area (Å²) in [7, 11) is 0. The van der Waals surface area contributed by atoms with Crippen LogP contribution >= 0.6 is 0 Å². The van der Waals surface area contributed by atoms with Gasteiger partial charge >= 0.3 is 0 Å². The first-order chi connectivity index (χ1) is 14.2. The first-order valence-corrected chi connectivity index (χ1v) is 9.83. The third kappa shape index (κ3) is 4.82. The second-order valence-electron chi connectivity index (χ2n) is 7.29. The first-order valence-electron chi connectivity index (χ1n) is 9.83. The van der Waals surface area contributed by atoms with Gasteiger partial charge in [0.05, 0.1) is 12.1 Å². The number of nitrogens with one attached hydrogen (secondary N) is 3. The Morgan fingerprint density at radius 2 is 1.55 bits per heavy atom. The number of rotatable bonds is 5. The van der Waals surface area contributed by atoms with Crippen molar-refractivity contribution in [3.05, 3.63) is 71.9 Å². The van der Waals surface area contributed by atoms with Crippen LogP contribution in [0.5, 0.6) is 0 Å². The molecule has 3 N–H and O–H groups in total. The molecule has 0 radical (unpaired) electrons. The number of hydrogen-bond acceptors (Lipinski definition) is 4. The summed E-state index contributed by atoms with van der Waals surface area (Å²) in [6.45, 7) is 4.70. The number of aromatic amines is 1. The van der Waals surface area contributed by atoms with Crippen molar-refractivity contribution in [1.29, 1.82) is 0 Å². The van der Waals surface area contributed by atoms with E-state index in [1.807, 2.05) is 30.3 Å². The third-order valence-corrected chi connectivity index (χ3v) is 5.23.